The van der Waals surface area contributed by atoms with E-state index in [9.17, 15) is 4.79 Å². The highest BCUT2D eigenvalue weighted by Gasteiger charge is 2.33. The molecule has 1 aliphatic heterocycles. The minimum absolute atomic E-state index is 0.133. The van der Waals surface area contributed by atoms with Crippen molar-refractivity contribution in [2.75, 3.05) is 18.6 Å². The quantitative estimate of drug-likeness (QED) is 0.253. The summed E-state index contributed by atoms with van der Waals surface area (Å²) in [7, 11) is 1.60. The van der Waals surface area contributed by atoms with E-state index in [0.717, 1.165) is 19.3 Å². The van der Waals surface area contributed by atoms with Crippen LogP contribution in [0, 0.1) is 3.57 Å². The van der Waals surface area contributed by atoms with Gasteiger partial charge < -0.3 is 9.47 Å². The lowest BCUT2D eigenvalue weighted by Crippen LogP contribution is -2.27. The summed E-state index contributed by atoms with van der Waals surface area (Å²) >= 11 is 12.4. The molecule has 1 amide bonds. The maximum atomic E-state index is 12.9. The van der Waals surface area contributed by atoms with Crippen LogP contribution in [0.5, 0.6) is 11.5 Å². The first-order valence-electron chi connectivity index (χ1n) is 7.98. The lowest BCUT2D eigenvalue weighted by Gasteiger charge is -2.14. The smallest absolute Gasteiger partial charge is 0.270 e. The summed E-state index contributed by atoms with van der Waals surface area (Å²) in [6, 6.07) is 11.3. The molecular weight excluding hydrogens is 561 g/mol. The van der Waals surface area contributed by atoms with Crippen LogP contribution in [0.25, 0.3) is 6.08 Å². The molecule has 0 unspecified atom stereocenters. The van der Waals surface area contributed by atoms with Crippen molar-refractivity contribution in [1.29, 1.82) is 0 Å². The summed E-state index contributed by atoms with van der Waals surface area (Å²) < 4.78 is 13.4. The second-order valence-corrected chi connectivity index (χ2v) is 9.22. The summed E-state index contributed by atoms with van der Waals surface area (Å²) in [5.41, 5.74) is 1.60. The highest BCUT2D eigenvalue weighted by atomic mass is 127. The molecule has 0 aromatic heterocycles. The Bertz CT molecular complexity index is 949. The third kappa shape index (κ3) is 4.49. The second-order valence-electron chi connectivity index (χ2n) is 5.46. The van der Waals surface area contributed by atoms with Gasteiger partial charge in [0, 0.05) is 4.47 Å². The Labute approximate surface area is 189 Å². The van der Waals surface area contributed by atoms with Gasteiger partial charge in [0.05, 0.1) is 27.9 Å². The Kier molecular flexibility index (Phi) is 6.83. The van der Waals surface area contributed by atoms with Crippen LogP contribution in [0.3, 0.4) is 0 Å². The van der Waals surface area contributed by atoms with Crippen molar-refractivity contribution in [1.82, 2.24) is 0 Å². The molecule has 27 heavy (non-hydrogen) atoms. The molecule has 1 fully saturated rings. The highest BCUT2D eigenvalue weighted by molar-refractivity contribution is 14.1. The van der Waals surface area contributed by atoms with Crippen LogP contribution < -0.4 is 14.4 Å². The van der Waals surface area contributed by atoms with Crippen LogP contribution >= 0.6 is 62.5 Å². The molecule has 0 aliphatic carbocycles. The maximum absolute atomic E-state index is 12.9. The first-order valence-corrected chi connectivity index (χ1v) is 11.1. The Balaban J connectivity index is 1.95. The van der Waals surface area contributed by atoms with Crippen LogP contribution in [-0.4, -0.2) is 23.9 Å². The Morgan fingerprint density at radius 3 is 2.78 bits per heavy atom. The number of anilines is 1. The predicted octanol–water partition coefficient (Wildman–Crippen LogP) is 5.87. The number of nitrogens with zero attached hydrogens (tertiary/aromatic N) is 1. The van der Waals surface area contributed by atoms with Crippen molar-refractivity contribution in [3.05, 3.63) is 54.9 Å². The molecule has 1 aliphatic rings. The van der Waals surface area contributed by atoms with Gasteiger partial charge in [-0.05, 0) is 71.5 Å². The first kappa shape index (κ1) is 20.6. The van der Waals surface area contributed by atoms with E-state index in [1.54, 1.807) is 12.0 Å². The Morgan fingerprint density at radius 1 is 1.33 bits per heavy atom. The van der Waals surface area contributed by atoms with Crippen molar-refractivity contribution >= 4 is 84.5 Å². The van der Waals surface area contributed by atoms with Crippen LogP contribution in [0.4, 0.5) is 5.69 Å². The number of halogens is 2. The Hall–Kier alpha value is -1.10. The lowest BCUT2D eigenvalue weighted by atomic mass is 10.2. The van der Waals surface area contributed by atoms with Gasteiger partial charge in [-0.15, -0.1) is 0 Å². The monoisotopic (exact) mass is 575 g/mol. The van der Waals surface area contributed by atoms with Gasteiger partial charge in [0.25, 0.3) is 5.91 Å². The van der Waals surface area contributed by atoms with Crippen molar-refractivity contribution in [3.8, 4) is 11.5 Å². The molecule has 0 saturated carbocycles. The molecule has 140 valence electrons. The number of thioether (sulfide) groups is 1. The highest BCUT2D eigenvalue weighted by Crippen LogP contribution is 2.39. The molecule has 0 bridgehead atoms. The molecule has 8 heteroatoms. The fourth-order valence-electron chi connectivity index (χ4n) is 2.56. The second kappa shape index (κ2) is 8.93. The number of thiocarbonyl (C=S) groups is 1. The minimum Gasteiger partial charge on any atom is -0.493 e. The zero-order chi connectivity index (χ0) is 19.6. The van der Waals surface area contributed by atoms with Crippen LogP contribution in [0.2, 0.25) is 0 Å². The van der Waals surface area contributed by atoms with E-state index in [-0.39, 0.29) is 5.91 Å². The predicted molar refractivity (Wildman–Crippen MR) is 127 cm³/mol. The number of hydrogen-bond donors (Lipinski definition) is 0. The molecule has 2 aromatic rings. The fraction of sp³-hybridized carbons (Fsp3) is 0.158. The number of amides is 1. The van der Waals surface area contributed by atoms with Crippen molar-refractivity contribution < 1.29 is 14.3 Å². The third-order valence-corrected chi connectivity index (χ3v) is 6.30. The molecule has 2 aromatic carbocycles. The summed E-state index contributed by atoms with van der Waals surface area (Å²) in [6.07, 6.45) is 1.83. The summed E-state index contributed by atoms with van der Waals surface area (Å²) in [5.74, 6) is 1.21. The fourth-order valence-corrected chi connectivity index (χ4v) is 5.03. The normalized spacial score (nSPS) is 15.6. The van der Waals surface area contributed by atoms with Gasteiger partial charge in [-0.3, -0.25) is 9.69 Å². The van der Waals surface area contributed by atoms with E-state index in [0.29, 0.717) is 27.3 Å². The van der Waals surface area contributed by atoms with E-state index in [1.807, 2.05) is 49.4 Å². The van der Waals surface area contributed by atoms with E-state index in [4.69, 9.17) is 21.7 Å². The topological polar surface area (TPSA) is 38.8 Å². The molecule has 0 atom stereocenters. The molecule has 3 rings (SSSR count). The average Bonchev–Trinajstić information content (AvgIpc) is 2.90. The zero-order valence-corrected chi connectivity index (χ0v) is 19.9. The number of carbonyl (C=O) groups excluding carboxylic acids is 1. The lowest BCUT2D eigenvalue weighted by molar-refractivity contribution is -0.113. The number of benzene rings is 2. The number of hydrogen-bond acceptors (Lipinski definition) is 5. The molecule has 1 heterocycles. The van der Waals surface area contributed by atoms with Gasteiger partial charge in [0.1, 0.15) is 0 Å². The molecule has 0 spiro atoms. The SMILES string of the molecule is CCOc1c(I)cc(/C=C2/SC(=S)N(c3cccc(Br)c3)C2=O)cc1OC. The summed E-state index contributed by atoms with van der Waals surface area (Å²) in [5, 5.41) is 0. The van der Waals surface area contributed by atoms with Crippen LogP contribution in [-0.2, 0) is 4.79 Å². The third-order valence-electron chi connectivity index (χ3n) is 3.70. The Morgan fingerprint density at radius 2 is 2.11 bits per heavy atom. The molecule has 1 saturated heterocycles. The minimum atomic E-state index is -0.133. The largest absolute Gasteiger partial charge is 0.493 e. The maximum Gasteiger partial charge on any atom is 0.270 e. The van der Waals surface area contributed by atoms with Gasteiger partial charge in [-0.1, -0.05) is 46.0 Å². The average molecular weight is 576 g/mol. The van der Waals surface area contributed by atoms with E-state index in [1.165, 1.54) is 11.8 Å². The number of carbonyl (C=O) groups is 1. The number of ether oxygens (including phenoxy) is 2. The molecule has 4 nitrogen and oxygen atoms in total. The number of rotatable bonds is 5. The van der Waals surface area contributed by atoms with Gasteiger partial charge in [-0.25, -0.2) is 0 Å². The van der Waals surface area contributed by atoms with Crippen molar-refractivity contribution in [2.45, 2.75) is 6.92 Å². The van der Waals surface area contributed by atoms with Crippen LogP contribution in [0.15, 0.2) is 45.8 Å². The van der Waals surface area contributed by atoms with E-state index in [2.05, 4.69) is 38.5 Å². The molecule has 0 radical (unpaired) electrons. The van der Waals surface area contributed by atoms with E-state index < -0.39 is 0 Å². The number of methoxy groups -OCH3 is 1. The van der Waals surface area contributed by atoms with Gasteiger partial charge in [0.2, 0.25) is 0 Å². The molecular formula is C19H15BrINO3S2. The summed E-state index contributed by atoms with van der Waals surface area (Å²) in [6.45, 7) is 2.48. The van der Waals surface area contributed by atoms with Crippen LogP contribution in [0.1, 0.15) is 12.5 Å². The van der Waals surface area contributed by atoms with Gasteiger partial charge >= 0.3 is 0 Å². The summed E-state index contributed by atoms with van der Waals surface area (Å²) in [4.78, 5) is 15.0. The molecule has 0 N–H and O–H groups in total. The van der Waals surface area contributed by atoms with Gasteiger partial charge in [-0.2, -0.15) is 0 Å². The first-order chi connectivity index (χ1) is 12.9. The van der Waals surface area contributed by atoms with Gasteiger partial charge in [0.15, 0.2) is 15.8 Å². The zero-order valence-electron chi connectivity index (χ0n) is 14.5. The van der Waals surface area contributed by atoms with Crippen molar-refractivity contribution in [2.24, 2.45) is 0 Å². The standard InChI is InChI=1S/C19H15BrINO3S2/c1-3-25-17-14(21)7-11(8-15(17)24-2)9-16-18(23)22(19(26)27-16)13-6-4-5-12(20)10-13/h4-10H,3H2,1-2H3/b16-9+. The van der Waals surface area contributed by atoms with Crippen molar-refractivity contribution in [3.63, 3.8) is 0 Å². The van der Waals surface area contributed by atoms with E-state index >= 15 is 0 Å².